The van der Waals surface area contributed by atoms with Crippen molar-refractivity contribution >= 4 is 5.69 Å². The van der Waals surface area contributed by atoms with Crippen LogP contribution in [0.5, 0.6) is 11.6 Å². The van der Waals surface area contributed by atoms with Crippen LogP contribution in [-0.4, -0.2) is 9.91 Å². The van der Waals surface area contributed by atoms with Gasteiger partial charge >= 0.3 is 0 Å². The Morgan fingerprint density at radius 2 is 2.21 bits per heavy atom. The predicted molar refractivity (Wildman–Crippen MR) is 70.0 cm³/mol. The van der Waals surface area contributed by atoms with Crippen LogP contribution < -0.4 is 10.5 Å². The van der Waals surface area contributed by atoms with Crippen LogP contribution >= 0.6 is 0 Å². The van der Waals surface area contributed by atoms with Gasteiger partial charge in [0.25, 0.3) is 5.69 Å². The molecular formula is C13H13N3O3. The fraction of sp³-hybridized carbons (Fsp3) is 0.154. The van der Waals surface area contributed by atoms with Gasteiger partial charge in [-0.15, -0.1) is 0 Å². The van der Waals surface area contributed by atoms with E-state index < -0.39 is 4.92 Å². The van der Waals surface area contributed by atoms with E-state index in [2.05, 4.69) is 4.98 Å². The van der Waals surface area contributed by atoms with Gasteiger partial charge in [-0.3, -0.25) is 10.1 Å². The van der Waals surface area contributed by atoms with Gasteiger partial charge in [-0.05, 0) is 24.6 Å². The lowest BCUT2D eigenvalue weighted by Gasteiger charge is -2.08. The third-order valence-corrected chi connectivity index (χ3v) is 2.57. The Balaban J connectivity index is 2.26. The van der Waals surface area contributed by atoms with Crippen molar-refractivity contribution in [3.8, 4) is 11.6 Å². The molecule has 1 aromatic heterocycles. The van der Waals surface area contributed by atoms with E-state index in [1.807, 2.05) is 13.0 Å². The maximum absolute atomic E-state index is 10.7. The molecule has 2 aromatic rings. The fourth-order valence-electron chi connectivity index (χ4n) is 1.61. The second-order valence-corrected chi connectivity index (χ2v) is 4.03. The number of aromatic nitrogens is 1. The van der Waals surface area contributed by atoms with Crippen LogP contribution in [0.25, 0.3) is 0 Å². The fourth-order valence-corrected chi connectivity index (χ4v) is 1.61. The lowest BCUT2D eigenvalue weighted by atomic mass is 10.2. The van der Waals surface area contributed by atoms with Gasteiger partial charge in [-0.25, -0.2) is 4.98 Å². The Morgan fingerprint density at radius 3 is 2.84 bits per heavy atom. The Kier molecular flexibility index (Phi) is 3.72. The van der Waals surface area contributed by atoms with Gasteiger partial charge in [0, 0.05) is 24.4 Å². The number of nitro groups is 1. The monoisotopic (exact) mass is 259 g/mol. The summed E-state index contributed by atoms with van der Waals surface area (Å²) in [4.78, 5) is 14.4. The van der Waals surface area contributed by atoms with Crippen LogP contribution in [0.2, 0.25) is 0 Å². The molecule has 2 N–H and O–H groups in total. The van der Waals surface area contributed by atoms with Gasteiger partial charge < -0.3 is 10.5 Å². The molecule has 0 spiro atoms. The van der Waals surface area contributed by atoms with E-state index in [1.54, 1.807) is 18.3 Å². The molecule has 98 valence electrons. The zero-order valence-electron chi connectivity index (χ0n) is 10.4. The van der Waals surface area contributed by atoms with Crippen molar-refractivity contribution in [3.63, 3.8) is 0 Å². The van der Waals surface area contributed by atoms with Gasteiger partial charge in [0.15, 0.2) is 0 Å². The number of hydrogen-bond donors (Lipinski definition) is 1. The first-order valence-electron chi connectivity index (χ1n) is 5.68. The molecule has 0 aliphatic heterocycles. The number of pyridine rings is 1. The van der Waals surface area contributed by atoms with Gasteiger partial charge in [-0.1, -0.05) is 6.07 Å². The summed E-state index contributed by atoms with van der Waals surface area (Å²) in [5, 5.41) is 10.7. The highest BCUT2D eigenvalue weighted by Crippen LogP contribution is 2.26. The maximum atomic E-state index is 10.7. The first-order valence-corrected chi connectivity index (χ1v) is 5.68. The summed E-state index contributed by atoms with van der Waals surface area (Å²) in [5.41, 5.74) is 7.23. The summed E-state index contributed by atoms with van der Waals surface area (Å²) < 4.78 is 5.54. The largest absolute Gasteiger partial charge is 0.439 e. The smallest absolute Gasteiger partial charge is 0.273 e. The molecule has 0 amide bonds. The average molecular weight is 259 g/mol. The summed E-state index contributed by atoms with van der Waals surface area (Å²) in [5.74, 6) is 0.794. The quantitative estimate of drug-likeness (QED) is 0.673. The number of hydrogen-bond acceptors (Lipinski definition) is 5. The first kappa shape index (κ1) is 13.0. The van der Waals surface area contributed by atoms with Crippen molar-refractivity contribution in [2.45, 2.75) is 13.5 Å². The molecule has 6 heteroatoms. The molecule has 0 unspecified atom stereocenters. The van der Waals surface area contributed by atoms with Gasteiger partial charge in [-0.2, -0.15) is 0 Å². The predicted octanol–water partition coefficient (Wildman–Crippen LogP) is 2.55. The average Bonchev–Trinajstić information content (AvgIpc) is 2.41. The minimum atomic E-state index is -0.468. The van der Waals surface area contributed by atoms with Crippen LogP contribution in [0.15, 0.2) is 36.5 Å². The highest BCUT2D eigenvalue weighted by molar-refractivity contribution is 5.40. The number of ether oxygens (including phenoxy) is 1. The van der Waals surface area contributed by atoms with E-state index >= 15 is 0 Å². The van der Waals surface area contributed by atoms with Crippen LogP contribution in [0.1, 0.15) is 11.1 Å². The van der Waals surface area contributed by atoms with E-state index in [0.717, 1.165) is 11.1 Å². The highest BCUT2D eigenvalue weighted by Gasteiger charge is 2.09. The molecule has 1 heterocycles. The molecule has 19 heavy (non-hydrogen) atoms. The lowest BCUT2D eigenvalue weighted by molar-refractivity contribution is -0.384. The van der Waals surface area contributed by atoms with Crippen LogP contribution in [-0.2, 0) is 6.54 Å². The summed E-state index contributed by atoms with van der Waals surface area (Å²) in [6.07, 6.45) is 1.62. The van der Waals surface area contributed by atoms with Crippen molar-refractivity contribution in [1.29, 1.82) is 0 Å². The summed E-state index contributed by atoms with van der Waals surface area (Å²) >= 11 is 0. The number of benzene rings is 1. The molecule has 0 aliphatic carbocycles. The van der Waals surface area contributed by atoms with Crippen LogP contribution in [0, 0.1) is 17.0 Å². The second kappa shape index (κ2) is 5.45. The van der Waals surface area contributed by atoms with Crippen LogP contribution in [0.3, 0.4) is 0 Å². The Bertz CT molecular complexity index is 614. The number of nitrogens with two attached hydrogens (primary N) is 1. The molecule has 0 atom stereocenters. The van der Waals surface area contributed by atoms with Crippen molar-refractivity contribution in [2.75, 3.05) is 0 Å². The maximum Gasteiger partial charge on any atom is 0.273 e. The second-order valence-electron chi connectivity index (χ2n) is 4.03. The number of nitro benzene ring substituents is 1. The van der Waals surface area contributed by atoms with Gasteiger partial charge in [0.2, 0.25) is 5.88 Å². The minimum absolute atomic E-state index is 0.0197. The molecule has 0 aliphatic rings. The summed E-state index contributed by atoms with van der Waals surface area (Å²) in [7, 11) is 0. The minimum Gasteiger partial charge on any atom is -0.439 e. The number of non-ortho nitro benzene ring substituents is 1. The first-order chi connectivity index (χ1) is 9.10. The molecule has 1 aromatic carbocycles. The highest BCUT2D eigenvalue weighted by atomic mass is 16.6. The Morgan fingerprint density at radius 1 is 1.42 bits per heavy atom. The van der Waals surface area contributed by atoms with Crippen molar-refractivity contribution < 1.29 is 9.66 Å². The zero-order chi connectivity index (χ0) is 13.8. The number of nitrogens with zero attached hydrogens (tertiary/aromatic N) is 2. The Labute approximate surface area is 110 Å². The van der Waals surface area contributed by atoms with E-state index in [-0.39, 0.29) is 5.69 Å². The molecule has 0 bridgehead atoms. The topological polar surface area (TPSA) is 91.3 Å². The van der Waals surface area contributed by atoms with E-state index in [0.29, 0.717) is 18.2 Å². The third-order valence-electron chi connectivity index (χ3n) is 2.57. The number of rotatable bonds is 4. The van der Waals surface area contributed by atoms with Crippen LogP contribution in [0.4, 0.5) is 5.69 Å². The molecule has 0 saturated carbocycles. The van der Waals surface area contributed by atoms with Crippen molar-refractivity contribution in [2.24, 2.45) is 5.73 Å². The molecule has 6 nitrogen and oxygen atoms in total. The summed E-state index contributed by atoms with van der Waals surface area (Å²) in [6, 6.07) is 7.85. The number of aryl methyl sites for hydroxylation is 1. The molecular weight excluding hydrogens is 246 g/mol. The lowest BCUT2D eigenvalue weighted by Crippen LogP contribution is -1.99. The van der Waals surface area contributed by atoms with Gasteiger partial charge in [0.05, 0.1) is 11.0 Å². The Hall–Kier alpha value is -2.47. The SMILES string of the molecule is Cc1cc(CN)cnc1Oc1cccc([N+](=O)[O-])c1. The molecule has 0 radical (unpaired) electrons. The molecule has 0 fully saturated rings. The normalized spacial score (nSPS) is 10.2. The molecule has 2 rings (SSSR count). The van der Waals surface area contributed by atoms with Crippen molar-refractivity contribution in [3.05, 3.63) is 57.8 Å². The summed E-state index contributed by atoms with van der Waals surface area (Å²) in [6.45, 7) is 2.25. The van der Waals surface area contributed by atoms with E-state index in [4.69, 9.17) is 10.5 Å². The van der Waals surface area contributed by atoms with Crippen molar-refractivity contribution in [1.82, 2.24) is 4.98 Å². The molecule has 0 saturated heterocycles. The van der Waals surface area contributed by atoms with E-state index in [9.17, 15) is 10.1 Å². The van der Waals surface area contributed by atoms with E-state index in [1.165, 1.54) is 12.1 Å². The van der Waals surface area contributed by atoms with Gasteiger partial charge in [0.1, 0.15) is 5.75 Å². The zero-order valence-corrected chi connectivity index (χ0v) is 10.4. The standard InChI is InChI=1S/C13H13N3O3/c1-9-5-10(7-14)8-15-13(9)19-12-4-2-3-11(6-12)16(17)18/h2-6,8H,7,14H2,1H3. The third kappa shape index (κ3) is 3.05.